The summed E-state index contributed by atoms with van der Waals surface area (Å²) in [6.45, 7) is 6.81. The monoisotopic (exact) mass is 342 g/mol. The van der Waals surface area contributed by atoms with Gasteiger partial charge in [-0.05, 0) is 19.4 Å². The highest BCUT2D eigenvalue weighted by Gasteiger charge is 2.42. The van der Waals surface area contributed by atoms with Crippen LogP contribution in [-0.2, 0) is 10.3 Å². The molecule has 2 atom stereocenters. The topological polar surface area (TPSA) is 52.6 Å². The highest BCUT2D eigenvalue weighted by Crippen LogP contribution is 2.36. The summed E-state index contributed by atoms with van der Waals surface area (Å²) >= 11 is 0. The number of carbonyl (C=O) groups is 1. The molecule has 2 bridgehead atoms. The molecule has 0 spiro atoms. The highest BCUT2D eigenvalue weighted by molar-refractivity contribution is 5.73. The number of carboxylic acid groups (broad SMARTS) is 1. The first-order valence-electron chi connectivity index (χ1n) is 7.67. The number of nitrogens with one attached hydrogen (secondary N) is 1. The molecule has 1 saturated heterocycles. The van der Waals surface area contributed by atoms with E-state index in [0.29, 0.717) is 12.1 Å². The second-order valence-corrected chi connectivity index (χ2v) is 6.31. The minimum Gasteiger partial charge on any atom is -0.475 e. The normalized spacial score (nSPS) is 23.5. The van der Waals surface area contributed by atoms with Crippen molar-refractivity contribution < 1.29 is 23.1 Å². The number of nitrogens with zero attached hydrogens (tertiary/aromatic N) is 1. The van der Waals surface area contributed by atoms with Crippen molar-refractivity contribution in [2.75, 3.05) is 13.1 Å². The number of piperazine rings is 1. The Kier molecular flexibility index (Phi) is 5.35. The zero-order chi connectivity index (χ0) is 18.0. The first-order valence-corrected chi connectivity index (χ1v) is 7.67. The Balaban J connectivity index is 0.000000256. The van der Waals surface area contributed by atoms with Gasteiger partial charge in [-0.3, -0.25) is 4.90 Å². The number of halogens is 3. The van der Waals surface area contributed by atoms with Crippen molar-refractivity contribution >= 4 is 5.97 Å². The summed E-state index contributed by atoms with van der Waals surface area (Å²) in [6.07, 6.45) is -0.370. The summed E-state index contributed by atoms with van der Waals surface area (Å²) in [5.74, 6) is -2.76. The van der Waals surface area contributed by atoms with Gasteiger partial charge in [-0.1, -0.05) is 42.5 Å². The summed E-state index contributed by atoms with van der Waals surface area (Å²) < 4.78 is 31.7. The van der Waals surface area contributed by atoms with Crippen molar-refractivity contribution in [3.8, 4) is 0 Å². The SMILES string of the molecule is CC(C)(c1ccccc1)N1C2C=CC1CNC2.O=C(O)C(F)(F)F. The zero-order valence-corrected chi connectivity index (χ0v) is 13.5. The summed E-state index contributed by atoms with van der Waals surface area (Å²) in [5.41, 5.74) is 1.50. The van der Waals surface area contributed by atoms with Crippen LogP contribution in [0.4, 0.5) is 13.2 Å². The molecule has 132 valence electrons. The second-order valence-electron chi connectivity index (χ2n) is 6.31. The van der Waals surface area contributed by atoms with Gasteiger partial charge in [-0.2, -0.15) is 13.2 Å². The quantitative estimate of drug-likeness (QED) is 0.812. The largest absolute Gasteiger partial charge is 0.490 e. The smallest absolute Gasteiger partial charge is 0.475 e. The van der Waals surface area contributed by atoms with Crippen molar-refractivity contribution in [2.45, 2.75) is 37.6 Å². The lowest BCUT2D eigenvalue weighted by atomic mass is 9.89. The minimum atomic E-state index is -5.08. The molecule has 24 heavy (non-hydrogen) atoms. The minimum absolute atomic E-state index is 0.0994. The van der Waals surface area contributed by atoms with E-state index in [9.17, 15) is 13.2 Å². The Labute approximate surface area is 139 Å². The van der Waals surface area contributed by atoms with E-state index in [4.69, 9.17) is 9.90 Å². The average molecular weight is 342 g/mol. The van der Waals surface area contributed by atoms with Gasteiger partial charge in [0.1, 0.15) is 0 Å². The molecule has 2 aliphatic rings. The van der Waals surface area contributed by atoms with Gasteiger partial charge in [0.2, 0.25) is 0 Å². The van der Waals surface area contributed by atoms with Crippen LogP contribution in [0.2, 0.25) is 0 Å². The lowest BCUT2D eigenvalue weighted by molar-refractivity contribution is -0.192. The van der Waals surface area contributed by atoms with E-state index >= 15 is 0 Å². The van der Waals surface area contributed by atoms with E-state index in [1.807, 2.05) is 0 Å². The fourth-order valence-electron chi connectivity index (χ4n) is 3.22. The molecule has 1 aromatic carbocycles. The molecular weight excluding hydrogens is 321 g/mol. The highest BCUT2D eigenvalue weighted by atomic mass is 19.4. The lowest BCUT2D eigenvalue weighted by Gasteiger charge is -2.46. The number of hydrogen-bond donors (Lipinski definition) is 2. The first kappa shape index (κ1) is 18.5. The molecular formula is C17H21F3N2O2. The molecule has 0 saturated carbocycles. The number of carboxylic acids is 1. The maximum Gasteiger partial charge on any atom is 0.490 e. The van der Waals surface area contributed by atoms with Gasteiger partial charge in [-0.15, -0.1) is 0 Å². The first-order chi connectivity index (χ1) is 11.1. The summed E-state index contributed by atoms with van der Waals surface area (Å²) in [6, 6.07) is 11.9. The third-order valence-corrected chi connectivity index (χ3v) is 4.35. The van der Waals surface area contributed by atoms with E-state index in [1.54, 1.807) is 0 Å². The summed E-state index contributed by atoms with van der Waals surface area (Å²) in [7, 11) is 0. The van der Waals surface area contributed by atoms with E-state index in [1.165, 1.54) is 5.56 Å². The van der Waals surface area contributed by atoms with Crippen LogP contribution >= 0.6 is 0 Å². The molecule has 3 rings (SSSR count). The maximum absolute atomic E-state index is 10.6. The number of hydrogen-bond acceptors (Lipinski definition) is 3. The van der Waals surface area contributed by atoms with Gasteiger partial charge >= 0.3 is 12.1 Å². The predicted molar refractivity (Wildman–Crippen MR) is 84.6 cm³/mol. The fraction of sp³-hybridized carbons (Fsp3) is 0.471. The Morgan fingerprint density at radius 1 is 1.12 bits per heavy atom. The number of rotatable bonds is 2. The van der Waals surface area contributed by atoms with Gasteiger partial charge in [0.15, 0.2) is 0 Å². The third kappa shape index (κ3) is 3.96. The van der Waals surface area contributed by atoms with Gasteiger partial charge in [0, 0.05) is 30.7 Å². The molecule has 0 aromatic heterocycles. The van der Waals surface area contributed by atoms with Crippen LogP contribution in [0, 0.1) is 0 Å². The molecule has 2 heterocycles. The fourth-order valence-corrected chi connectivity index (χ4v) is 3.22. The van der Waals surface area contributed by atoms with E-state index in [-0.39, 0.29) is 5.54 Å². The van der Waals surface area contributed by atoms with E-state index in [2.05, 4.69) is 66.5 Å². The predicted octanol–water partition coefficient (Wildman–Crippen LogP) is 2.77. The zero-order valence-electron chi connectivity index (χ0n) is 13.5. The lowest BCUT2D eigenvalue weighted by Crippen LogP contribution is -2.59. The Hall–Kier alpha value is -1.86. The summed E-state index contributed by atoms with van der Waals surface area (Å²) in [4.78, 5) is 11.5. The standard InChI is InChI=1S/C15H20N2.C2HF3O2/c1-15(2,12-6-4-3-5-7-12)17-13-8-9-14(17)11-16-10-13;3-2(4,5)1(6)7/h3-9,13-14,16H,10-11H2,1-2H3;(H,6,7). The van der Waals surface area contributed by atoms with Crippen LogP contribution in [-0.4, -0.2) is 47.3 Å². The third-order valence-electron chi connectivity index (χ3n) is 4.35. The number of alkyl halides is 3. The van der Waals surface area contributed by atoms with Crippen molar-refractivity contribution in [3.63, 3.8) is 0 Å². The van der Waals surface area contributed by atoms with Gasteiger partial charge in [-0.25, -0.2) is 4.79 Å². The molecule has 4 nitrogen and oxygen atoms in total. The van der Waals surface area contributed by atoms with Crippen molar-refractivity contribution in [3.05, 3.63) is 48.0 Å². The molecule has 1 fully saturated rings. The summed E-state index contributed by atoms with van der Waals surface area (Å²) in [5, 5.41) is 10.6. The van der Waals surface area contributed by atoms with E-state index in [0.717, 1.165) is 13.1 Å². The Morgan fingerprint density at radius 3 is 2.00 bits per heavy atom. The van der Waals surface area contributed by atoms with Crippen molar-refractivity contribution in [1.29, 1.82) is 0 Å². The van der Waals surface area contributed by atoms with Gasteiger partial charge < -0.3 is 10.4 Å². The van der Waals surface area contributed by atoms with Crippen LogP contribution in [0.1, 0.15) is 19.4 Å². The molecule has 0 radical (unpaired) electrons. The Morgan fingerprint density at radius 2 is 1.58 bits per heavy atom. The number of aliphatic carboxylic acids is 1. The molecule has 2 unspecified atom stereocenters. The van der Waals surface area contributed by atoms with Gasteiger partial charge in [0.25, 0.3) is 0 Å². The molecule has 2 N–H and O–H groups in total. The number of benzene rings is 1. The Bertz CT molecular complexity index is 586. The molecule has 0 aliphatic carbocycles. The average Bonchev–Trinajstić information content (AvgIpc) is 2.79. The second kappa shape index (κ2) is 6.94. The molecule has 1 aromatic rings. The number of fused-ring (bicyclic) bond motifs is 2. The van der Waals surface area contributed by atoms with Crippen LogP contribution in [0.3, 0.4) is 0 Å². The van der Waals surface area contributed by atoms with Gasteiger partial charge in [0.05, 0.1) is 0 Å². The van der Waals surface area contributed by atoms with Crippen LogP contribution in [0.25, 0.3) is 0 Å². The van der Waals surface area contributed by atoms with Crippen molar-refractivity contribution in [1.82, 2.24) is 10.2 Å². The van der Waals surface area contributed by atoms with Crippen LogP contribution in [0.5, 0.6) is 0 Å². The van der Waals surface area contributed by atoms with Crippen LogP contribution < -0.4 is 5.32 Å². The maximum atomic E-state index is 10.6. The van der Waals surface area contributed by atoms with Crippen molar-refractivity contribution in [2.24, 2.45) is 0 Å². The van der Waals surface area contributed by atoms with E-state index < -0.39 is 12.1 Å². The molecule has 0 amide bonds. The molecule has 2 aliphatic heterocycles. The van der Waals surface area contributed by atoms with Crippen LogP contribution in [0.15, 0.2) is 42.5 Å². The molecule has 7 heteroatoms.